The van der Waals surface area contributed by atoms with Gasteiger partial charge in [-0.2, -0.15) is 13.2 Å². The van der Waals surface area contributed by atoms with Crippen LogP contribution in [0.1, 0.15) is 22.8 Å². The third-order valence-corrected chi connectivity index (χ3v) is 3.86. The van der Waals surface area contributed by atoms with E-state index in [0.717, 1.165) is 18.2 Å². The number of alkyl halides is 3. The highest BCUT2D eigenvalue weighted by atomic mass is 19.4. The van der Waals surface area contributed by atoms with Crippen LogP contribution in [-0.4, -0.2) is 29.5 Å². The number of hydrogen-bond acceptors (Lipinski definition) is 8. The van der Waals surface area contributed by atoms with Crippen molar-refractivity contribution in [1.29, 1.82) is 0 Å². The highest BCUT2D eigenvalue weighted by Gasteiger charge is 2.33. The molecule has 1 amide bonds. The van der Waals surface area contributed by atoms with Crippen LogP contribution in [0.2, 0.25) is 0 Å². The largest absolute Gasteiger partial charge is 0.493 e. The van der Waals surface area contributed by atoms with Crippen molar-refractivity contribution in [3.8, 4) is 11.5 Å². The number of benzene rings is 2. The highest BCUT2D eigenvalue weighted by Crippen LogP contribution is 2.36. The molecule has 0 spiro atoms. The Labute approximate surface area is 172 Å². The van der Waals surface area contributed by atoms with Gasteiger partial charge in [-0.05, 0) is 19.1 Å². The van der Waals surface area contributed by atoms with Gasteiger partial charge in [-0.1, -0.05) is 0 Å². The van der Waals surface area contributed by atoms with Crippen molar-refractivity contribution in [2.24, 2.45) is 0 Å². The molecule has 2 rings (SSSR count). The van der Waals surface area contributed by atoms with Gasteiger partial charge in [-0.25, -0.2) is 0 Å². The first-order valence-electron chi connectivity index (χ1n) is 8.40. The van der Waals surface area contributed by atoms with Crippen LogP contribution in [0.3, 0.4) is 0 Å². The molecule has 0 aromatic heterocycles. The van der Waals surface area contributed by atoms with E-state index in [4.69, 9.17) is 9.47 Å². The van der Waals surface area contributed by atoms with Crippen LogP contribution >= 0.6 is 0 Å². The van der Waals surface area contributed by atoms with E-state index >= 15 is 0 Å². The van der Waals surface area contributed by atoms with Gasteiger partial charge in [-0.15, -0.1) is 0 Å². The number of nitrogens with zero attached hydrogens (tertiary/aromatic N) is 2. The van der Waals surface area contributed by atoms with Crippen molar-refractivity contribution in [2.45, 2.75) is 13.1 Å². The summed E-state index contributed by atoms with van der Waals surface area (Å²) in [4.78, 5) is 33.0. The Morgan fingerprint density at radius 2 is 1.71 bits per heavy atom. The first-order valence-corrected chi connectivity index (χ1v) is 8.40. The molecule has 0 saturated heterocycles. The Balaban J connectivity index is 2.37. The van der Waals surface area contributed by atoms with E-state index in [1.165, 1.54) is 7.11 Å². The van der Waals surface area contributed by atoms with Gasteiger partial charge in [0.1, 0.15) is 11.3 Å². The number of hydrazine groups is 1. The van der Waals surface area contributed by atoms with Gasteiger partial charge in [0.2, 0.25) is 0 Å². The number of carbonyl (C=O) groups excluding carboxylic acids is 1. The summed E-state index contributed by atoms with van der Waals surface area (Å²) >= 11 is 0. The minimum absolute atomic E-state index is 0.00330. The molecular formula is C17H15F3N4O7. The smallest absolute Gasteiger partial charge is 0.416 e. The molecule has 2 N–H and O–H groups in total. The minimum Gasteiger partial charge on any atom is -0.493 e. The van der Waals surface area contributed by atoms with E-state index in [0.29, 0.717) is 6.07 Å². The van der Waals surface area contributed by atoms with Gasteiger partial charge in [0.05, 0.1) is 35.2 Å². The van der Waals surface area contributed by atoms with Crippen LogP contribution in [0.25, 0.3) is 0 Å². The quantitative estimate of drug-likeness (QED) is 0.463. The molecule has 0 heterocycles. The van der Waals surface area contributed by atoms with Crippen molar-refractivity contribution in [2.75, 3.05) is 19.1 Å². The Kier molecular flexibility index (Phi) is 6.84. The number of carbonyl (C=O) groups is 1. The monoisotopic (exact) mass is 444 g/mol. The summed E-state index contributed by atoms with van der Waals surface area (Å²) in [6.45, 7) is 1.79. The Hall–Kier alpha value is -4.10. The lowest BCUT2D eigenvalue weighted by atomic mass is 10.1. The second kappa shape index (κ2) is 9.15. The lowest BCUT2D eigenvalue weighted by Crippen LogP contribution is -2.30. The molecular weight excluding hydrogens is 429 g/mol. The molecule has 0 atom stereocenters. The third-order valence-electron chi connectivity index (χ3n) is 3.86. The van der Waals surface area contributed by atoms with Gasteiger partial charge < -0.3 is 9.47 Å². The number of nitrogens with one attached hydrogen (secondary N) is 2. The van der Waals surface area contributed by atoms with E-state index in [2.05, 4.69) is 5.43 Å². The lowest BCUT2D eigenvalue weighted by Gasteiger charge is -2.13. The number of amides is 1. The summed E-state index contributed by atoms with van der Waals surface area (Å²) in [5.74, 6) is -1.07. The van der Waals surface area contributed by atoms with Crippen molar-refractivity contribution < 1.29 is 37.3 Å². The standard InChI is InChI=1S/C17H15F3N4O7/c1-3-31-15-7-10(12(23(26)27)8-14(15)30-2)16(25)22-21-11-5-4-9(17(18,19)20)6-13(11)24(28)29/h4-8,21H,3H2,1-2H3,(H,22,25). The molecule has 0 bridgehead atoms. The van der Waals surface area contributed by atoms with Gasteiger partial charge >= 0.3 is 6.18 Å². The summed E-state index contributed by atoms with van der Waals surface area (Å²) in [5.41, 5.74) is 0.293. The topological polar surface area (TPSA) is 146 Å². The Morgan fingerprint density at radius 1 is 1.06 bits per heavy atom. The molecule has 0 saturated carbocycles. The average molecular weight is 444 g/mol. The summed E-state index contributed by atoms with van der Waals surface area (Å²) < 4.78 is 48.6. The van der Waals surface area contributed by atoms with Crippen molar-refractivity contribution >= 4 is 23.0 Å². The van der Waals surface area contributed by atoms with Gasteiger partial charge in [-0.3, -0.25) is 35.9 Å². The minimum atomic E-state index is -4.81. The molecule has 0 aliphatic rings. The van der Waals surface area contributed by atoms with Gasteiger partial charge in [0, 0.05) is 12.1 Å². The van der Waals surface area contributed by atoms with Crippen LogP contribution in [0.15, 0.2) is 30.3 Å². The number of halogens is 3. The van der Waals surface area contributed by atoms with Gasteiger partial charge in [0.15, 0.2) is 11.5 Å². The first-order chi connectivity index (χ1) is 14.5. The van der Waals surface area contributed by atoms with Crippen LogP contribution in [0, 0.1) is 20.2 Å². The number of nitro groups is 2. The maximum Gasteiger partial charge on any atom is 0.416 e. The molecule has 0 unspecified atom stereocenters. The zero-order valence-electron chi connectivity index (χ0n) is 16.0. The average Bonchev–Trinajstić information content (AvgIpc) is 2.70. The van der Waals surface area contributed by atoms with Crippen LogP contribution < -0.4 is 20.3 Å². The number of hydrogen-bond donors (Lipinski definition) is 2. The number of ether oxygens (including phenoxy) is 2. The van der Waals surface area contributed by atoms with E-state index in [9.17, 15) is 38.2 Å². The summed E-state index contributed by atoms with van der Waals surface area (Å²) in [7, 11) is 1.24. The fraction of sp³-hybridized carbons (Fsp3) is 0.235. The molecule has 11 nitrogen and oxygen atoms in total. The van der Waals surface area contributed by atoms with Crippen LogP contribution in [0.4, 0.5) is 30.2 Å². The lowest BCUT2D eigenvalue weighted by molar-refractivity contribution is -0.385. The zero-order valence-corrected chi connectivity index (χ0v) is 16.0. The SMILES string of the molecule is CCOc1cc(C(=O)NNc2ccc(C(F)(F)F)cc2[N+](=O)[O-])c([N+](=O)[O-])cc1OC. The van der Waals surface area contributed by atoms with E-state index < -0.39 is 50.1 Å². The maximum absolute atomic E-state index is 12.8. The molecule has 2 aromatic rings. The predicted octanol–water partition coefficient (Wildman–Crippen LogP) is 3.69. The molecule has 0 aliphatic carbocycles. The van der Waals surface area contributed by atoms with Crippen molar-refractivity contribution in [3.63, 3.8) is 0 Å². The van der Waals surface area contributed by atoms with E-state index in [-0.39, 0.29) is 24.2 Å². The van der Waals surface area contributed by atoms with E-state index in [1.807, 2.05) is 5.43 Å². The Bertz CT molecular complexity index is 1030. The fourth-order valence-corrected chi connectivity index (χ4v) is 2.47. The fourth-order valence-electron chi connectivity index (χ4n) is 2.47. The predicted molar refractivity (Wildman–Crippen MR) is 100 cm³/mol. The zero-order chi connectivity index (χ0) is 23.3. The van der Waals surface area contributed by atoms with Crippen molar-refractivity contribution in [3.05, 3.63) is 61.7 Å². The molecule has 31 heavy (non-hydrogen) atoms. The highest BCUT2D eigenvalue weighted by molar-refractivity contribution is 5.99. The summed E-state index contributed by atoms with van der Waals surface area (Å²) in [5, 5.41) is 22.4. The molecule has 14 heteroatoms. The van der Waals surface area contributed by atoms with Crippen LogP contribution in [0.5, 0.6) is 11.5 Å². The molecule has 2 aromatic carbocycles. The second-order valence-electron chi connectivity index (χ2n) is 5.78. The van der Waals surface area contributed by atoms with Crippen molar-refractivity contribution in [1.82, 2.24) is 5.43 Å². The normalized spacial score (nSPS) is 10.9. The molecule has 166 valence electrons. The maximum atomic E-state index is 12.8. The summed E-state index contributed by atoms with van der Waals surface area (Å²) in [6.07, 6.45) is -4.81. The summed E-state index contributed by atoms with van der Waals surface area (Å²) in [6, 6.07) is 3.61. The second-order valence-corrected chi connectivity index (χ2v) is 5.78. The van der Waals surface area contributed by atoms with Gasteiger partial charge in [0.25, 0.3) is 17.3 Å². The number of rotatable bonds is 8. The molecule has 0 aliphatic heterocycles. The Morgan fingerprint density at radius 3 is 2.23 bits per heavy atom. The molecule has 0 fully saturated rings. The third kappa shape index (κ3) is 5.29. The first kappa shape index (κ1) is 23.2. The number of methoxy groups -OCH3 is 1. The number of anilines is 1. The van der Waals surface area contributed by atoms with E-state index in [1.54, 1.807) is 6.92 Å². The van der Waals surface area contributed by atoms with Crippen LogP contribution in [-0.2, 0) is 6.18 Å². The molecule has 0 radical (unpaired) electrons. The number of nitro benzene ring substituents is 2.